The average molecular weight is 192 g/mol. The lowest BCUT2D eigenvalue weighted by Crippen LogP contribution is -2.14. The summed E-state index contributed by atoms with van der Waals surface area (Å²) in [6.07, 6.45) is 1.29. The minimum Gasteiger partial charge on any atom is -0.469 e. The van der Waals surface area contributed by atoms with Gasteiger partial charge in [0.15, 0.2) is 5.43 Å². The summed E-state index contributed by atoms with van der Waals surface area (Å²) in [4.78, 5) is 24.7. The van der Waals surface area contributed by atoms with E-state index in [1.165, 1.54) is 19.4 Å². The molecule has 0 aliphatic heterocycles. The molecule has 0 bridgehead atoms. The number of aromatic amines is 1. The van der Waals surface area contributed by atoms with Crippen molar-refractivity contribution >= 4 is 5.97 Å². The summed E-state index contributed by atoms with van der Waals surface area (Å²) in [5, 5.41) is 8.66. The predicted molar refractivity (Wildman–Crippen MR) is 47.5 cm³/mol. The van der Waals surface area contributed by atoms with Gasteiger partial charge >= 0.3 is 5.97 Å². The Balaban J connectivity index is 3.10. The third-order valence-electron chi connectivity index (χ3n) is 1.70. The SMILES string of the molecule is COC(=O)Cc1[nH]ccc(=O)c1C#N. The van der Waals surface area contributed by atoms with Crippen LogP contribution in [0.4, 0.5) is 0 Å². The van der Waals surface area contributed by atoms with Crippen LogP contribution < -0.4 is 5.43 Å². The van der Waals surface area contributed by atoms with Gasteiger partial charge in [0.05, 0.1) is 13.5 Å². The first-order valence-corrected chi connectivity index (χ1v) is 3.86. The second-order valence-electron chi connectivity index (χ2n) is 2.56. The van der Waals surface area contributed by atoms with E-state index in [2.05, 4.69) is 9.72 Å². The maximum atomic E-state index is 11.1. The molecule has 14 heavy (non-hydrogen) atoms. The van der Waals surface area contributed by atoms with Gasteiger partial charge in [-0.15, -0.1) is 0 Å². The highest BCUT2D eigenvalue weighted by Crippen LogP contribution is 2.00. The first-order chi connectivity index (χ1) is 6.69. The van der Waals surface area contributed by atoms with E-state index >= 15 is 0 Å². The van der Waals surface area contributed by atoms with Crippen LogP contribution in [0.5, 0.6) is 0 Å². The Hall–Kier alpha value is -2.09. The van der Waals surface area contributed by atoms with E-state index in [1.807, 2.05) is 0 Å². The fourth-order valence-electron chi connectivity index (χ4n) is 1.00. The molecule has 0 aliphatic carbocycles. The van der Waals surface area contributed by atoms with Crippen molar-refractivity contribution in [3.8, 4) is 6.07 Å². The van der Waals surface area contributed by atoms with Crippen molar-refractivity contribution in [2.45, 2.75) is 6.42 Å². The molecule has 1 rings (SSSR count). The van der Waals surface area contributed by atoms with Crippen molar-refractivity contribution in [3.05, 3.63) is 33.7 Å². The number of H-pyrrole nitrogens is 1. The van der Waals surface area contributed by atoms with Crippen LogP contribution in [-0.2, 0) is 16.0 Å². The van der Waals surface area contributed by atoms with Gasteiger partial charge in [-0.25, -0.2) is 0 Å². The molecule has 1 aromatic heterocycles. The quantitative estimate of drug-likeness (QED) is 0.666. The zero-order valence-corrected chi connectivity index (χ0v) is 7.53. The highest BCUT2D eigenvalue weighted by Gasteiger charge is 2.10. The van der Waals surface area contributed by atoms with Crippen molar-refractivity contribution < 1.29 is 9.53 Å². The van der Waals surface area contributed by atoms with E-state index in [0.717, 1.165) is 0 Å². The molecule has 5 nitrogen and oxygen atoms in total. The van der Waals surface area contributed by atoms with Crippen LogP contribution in [0.1, 0.15) is 11.3 Å². The molecule has 0 atom stereocenters. The molecule has 1 heterocycles. The molecule has 0 unspecified atom stereocenters. The zero-order chi connectivity index (χ0) is 10.6. The molecule has 0 aliphatic rings. The lowest BCUT2D eigenvalue weighted by atomic mass is 10.1. The lowest BCUT2D eigenvalue weighted by Gasteiger charge is -2.00. The van der Waals surface area contributed by atoms with Crippen molar-refractivity contribution in [3.63, 3.8) is 0 Å². The normalized spacial score (nSPS) is 9.14. The van der Waals surface area contributed by atoms with Crippen LogP contribution >= 0.6 is 0 Å². The molecule has 1 N–H and O–H groups in total. The Bertz CT molecular complexity index is 442. The van der Waals surface area contributed by atoms with Crippen LogP contribution in [0.3, 0.4) is 0 Å². The summed E-state index contributed by atoms with van der Waals surface area (Å²) in [6.45, 7) is 0. The van der Waals surface area contributed by atoms with Gasteiger partial charge in [-0.1, -0.05) is 0 Å². The van der Waals surface area contributed by atoms with Crippen LogP contribution in [0.2, 0.25) is 0 Å². The van der Waals surface area contributed by atoms with E-state index in [9.17, 15) is 9.59 Å². The second-order valence-corrected chi connectivity index (χ2v) is 2.56. The van der Waals surface area contributed by atoms with Crippen LogP contribution in [0.15, 0.2) is 17.1 Å². The highest BCUT2D eigenvalue weighted by atomic mass is 16.5. The lowest BCUT2D eigenvalue weighted by molar-refractivity contribution is -0.139. The van der Waals surface area contributed by atoms with Crippen LogP contribution in [-0.4, -0.2) is 18.1 Å². The van der Waals surface area contributed by atoms with E-state index in [-0.39, 0.29) is 17.7 Å². The summed E-state index contributed by atoms with van der Waals surface area (Å²) in [5.74, 6) is -0.497. The van der Waals surface area contributed by atoms with Crippen molar-refractivity contribution in [2.24, 2.45) is 0 Å². The number of nitrogens with zero attached hydrogens (tertiary/aromatic N) is 1. The average Bonchev–Trinajstić information content (AvgIpc) is 2.18. The smallest absolute Gasteiger partial charge is 0.311 e. The summed E-state index contributed by atoms with van der Waals surface area (Å²) in [5.41, 5.74) is -0.157. The van der Waals surface area contributed by atoms with Gasteiger partial charge in [0.25, 0.3) is 0 Å². The topological polar surface area (TPSA) is 83.0 Å². The summed E-state index contributed by atoms with van der Waals surface area (Å²) in [6, 6.07) is 2.98. The molecule has 0 aromatic carbocycles. The molecule has 0 saturated carbocycles. The number of methoxy groups -OCH3 is 1. The third kappa shape index (κ3) is 1.98. The van der Waals surface area contributed by atoms with Gasteiger partial charge in [-0.05, 0) is 0 Å². The number of nitrogens with one attached hydrogen (secondary N) is 1. The standard InChI is InChI=1S/C9H8N2O3/c1-14-9(13)4-7-6(5-10)8(12)2-3-11-7/h2-3H,4H2,1H3,(H,11,12). The third-order valence-corrected chi connectivity index (χ3v) is 1.70. The maximum Gasteiger partial charge on any atom is 0.311 e. The van der Waals surface area contributed by atoms with E-state index in [1.54, 1.807) is 6.07 Å². The van der Waals surface area contributed by atoms with Crippen molar-refractivity contribution in [1.29, 1.82) is 5.26 Å². The number of ether oxygens (including phenoxy) is 1. The molecule has 0 radical (unpaired) electrons. The Morgan fingerprint density at radius 1 is 1.71 bits per heavy atom. The van der Waals surface area contributed by atoms with Crippen LogP contribution in [0.25, 0.3) is 0 Å². The number of nitriles is 1. The Kier molecular flexibility index (Phi) is 3.02. The van der Waals surface area contributed by atoms with Gasteiger partial charge in [0.2, 0.25) is 0 Å². The van der Waals surface area contributed by atoms with Crippen molar-refractivity contribution in [1.82, 2.24) is 4.98 Å². The number of hydrogen-bond acceptors (Lipinski definition) is 4. The van der Waals surface area contributed by atoms with Crippen molar-refractivity contribution in [2.75, 3.05) is 7.11 Å². The van der Waals surface area contributed by atoms with E-state index < -0.39 is 11.4 Å². The highest BCUT2D eigenvalue weighted by molar-refractivity contribution is 5.72. The Morgan fingerprint density at radius 3 is 3.00 bits per heavy atom. The molecule has 0 amide bonds. The Labute approximate surface area is 79.9 Å². The number of carbonyl (C=O) groups excluding carboxylic acids is 1. The maximum absolute atomic E-state index is 11.1. The van der Waals surface area contributed by atoms with Crippen LogP contribution in [0, 0.1) is 11.3 Å². The minimum absolute atomic E-state index is 0.0436. The fourth-order valence-corrected chi connectivity index (χ4v) is 1.00. The van der Waals surface area contributed by atoms with E-state index in [0.29, 0.717) is 0 Å². The van der Waals surface area contributed by atoms with Gasteiger partial charge < -0.3 is 9.72 Å². The molecule has 0 saturated heterocycles. The fraction of sp³-hybridized carbons (Fsp3) is 0.222. The minimum atomic E-state index is -0.497. The number of esters is 1. The zero-order valence-electron chi connectivity index (χ0n) is 7.53. The molecular weight excluding hydrogens is 184 g/mol. The van der Waals surface area contributed by atoms with Gasteiger partial charge in [0.1, 0.15) is 11.6 Å². The summed E-state index contributed by atoms with van der Waals surface area (Å²) >= 11 is 0. The summed E-state index contributed by atoms with van der Waals surface area (Å²) < 4.78 is 4.42. The number of aromatic nitrogens is 1. The largest absolute Gasteiger partial charge is 0.469 e. The monoisotopic (exact) mass is 192 g/mol. The number of carbonyl (C=O) groups is 1. The predicted octanol–water partition coefficient (Wildman–Crippen LogP) is -0.0379. The molecule has 1 aromatic rings. The van der Waals surface area contributed by atoms with E-state index in [4.69, 9.17) is 5.26 Å². The summed E-state index contributed by atoms with van der Waals surface area (Å²) in [7, 11) is 1.25. The first-order valence-electron chi connectivity index (χ1n) is 3.86. The Morgan fingerprint density at radius 2 is 2.43 bits per heavy atom. The van der Waals surface area contributed by atoms with Gasteiger partial charge in [-0.3, -0.25) is 9.59 Å². The first kappa shape index (κ1) is 9.99. The second kappa shape index (κ2) is 4.23. The number of rotatable bonds is 2. The molecule has 72 valence electrons. The molecular formula is C9H8N2O3. The molecule has 0 spiro atoms. The van der Waals surface area contributed by atoms with Gasteiger partial charge in [-0.2, -0.15) is 5.26 Å². The van der Waals surface area contributed by atoms with Gasteiger partial charge in [0, 0.05) is 18.0 Å². The number of hydrogen-bond donors (Lipinski definition) is 1. The molecule has 5 heteroatoms. The number of pyridine rings is 1. The molecule has 0 fully saturated rings.